The van der Waals surface area contributed by atoms with E-state index in [4.69, 9.17) is 14.7 Å². The van der Waals surface area contributed by atoms with Gasteiger partial charge in [-0.3, -0.25) is 0 Å². The first-order valence-corrected chi connectivity index (χ1v) is 6.48. The maximum atomic E-state index is 9.00. The zero-order valence-corrected chi connectivity index (χ0v) is 12.0. The van der Waals surface area contributed by atoms with Gasteiger partial charge in [0.1, 0.15) is 24.2 Å². The highest BCUT2D eigenvalue weighted by atomic mass is 79.9. The van der Waals surface area contributed by atoms with E-state index in [9.17, 15) is 0 Å². The first-order valence-electron chi connectivity index (χ1n) is 5.69. The highest BCUT2D eigenvalue weighted by molar-refractivity contribution is 9.10. The Morgan fingerprint density at radius 1 is 1.16 bits per heavy atom. The van der Waals surface area contributed by atoms with Crippen molar-refractivity contribution in [3.05, 3.63) is 58.1 Å². The summed E-state index contributed by atoms with van der Waals surface area (Å²) in [6.45, 7) is 0.349. The molecular formula is C15H12BrNO2. The molecule has 0 unspecified atom stereocenters. The first kappa shape index (κ1) is 13.4. The summed E-state index contributed by atoms with van der Waals surface area (Å²) in [6, 6.07) is 15.0. The van der Waals surface area contributed by atoms with Crippen LogP contribution in [0.15, 0.2) is 46.9 Å². The fourth-order valence-corrected chi connectivity index (χ4v) is 2.11. The molecule has 2 aromatic rings. The Kier molecular flexibility index (Phi) is 4.43. The molecule has 0 fully saturated rings. The molecule has 0 aliphatic carbocycles. The van der Waals surface area contributed by atoms with E-state index in [0.29, 0.717) is 17.9 Å². The minimum atomic E-state index is 0.349. The molecule has 0 radical (unpaired) electrons. The van der Waals surface area contributed by atoms with Gasteiger partial charge in [-0.1, -0.05) is 28.1 Å². The van der Waals surface area contributed by atoms with Crippen molar-refractivity contribution in [1.29, 1.82) is 5.26 Å². The Hall–Kier alpha value is -1.99. The van der Waals surface area contributed by atoms with Crippen molar-refractivity contribution in [3.8, 4) is 17.6 Å². The van der Waals surface area contributed by atoms with Crippen molar-refractivity contribution in [3.63, 3.8) is 0 Å². The summed E-state index contributed by atoms with van der Waals surface area (Å²) in [5.41, 5.74) is 1.45. The molecule has 0 aliphatic heterocycles. The number of nitriles is 1. The van der Waals surface area contributed by atoms with Gasteiger partial charge in [-0.25, -0.2) is 0 Å². The van der Waals surface area contributed by atoms with Crippen LogP contribution in [-0.4, -0.2) is 7.11 Å². The molecule has 4 heteroatoms. The van der Waals surface area contributed by atoms with Crippen LogP contribution in [0, 0.1) is 11.3 Å². The van der Waals surface area contributed by atoms with E-state index < -0.39 is 0 Å². The third kappa shape index (κ3) is 3.27. The molecule has 0 amide bonds. The number of hydrogen-bond acceptors (Lipinski definition) is 3. The van der Waals surface area contributed by atoms with Crippen molar-refractivity contribution in [2.45, 2.75) is 6.61 Å². The molecule has 0 spiro atoms. The fraction of sp³-hybridized carbons (Fsp3) is 0.133. The van der Waals surface area contributed by atoms with Crippen LogP contribution in [0.2, 0.25) is 0 Å². The van der Waals surface area contributed by atoms with E-state index in [1.165, 1.54) is 0 Å². The minimum absolute atomic E-state index is 0.349. The van der Waals surface area contributed by atoms with Gasteiger partial charge in [0.05, 0.1) is 12.7 Å². The van der Waals surface area contributed by atoms with Gasteiger partial charge in [0, 0.05) is 10.0 Å². The largest absolute Gasteiger partial charge is 0.496 e. The van der Waals surface area contributed by atoms with E-state index in [0.717, 1.165) is 15.8 Å². The van der Waals surface area contributed by atoms with E-state index in [-0.39, 0.29) is 0 Å². The Bertz CT molecular complexity index is 620. The van der Waals surface area contributed by atoms with Crippen LogP contribution >= 0.6 is 15.9 Å². The van der Waals surface area contributed by atoms with Crippen LogP contribution in [0.5, 0.6) is 11.5 Å². The molecule has 19 heavy (non-hydrogen) atoms. The number of para-hydroxylation sites is 1. The van der Waals surface area contributed by atoms with Crippen molar-refractivity contribution >= 4 is 15.9 Å². The summed E-state index contributed by atoms with van der Waals surface area (Å²) in [6.07, 6.45) is 0. The highest BCUT2D eigenvalue weighted by Gasteiger charge is 2.07. The predicted octanol–water partition coefficient (Wildman–Crippen LogP) is 3.91. The molecule has 0 aromatic heterocycles. The smallest absolute Gasteiger partial charge is 0.137 e. The summed E-state index contributed by atoms with van der Waals surface area (Å²) >= 11 is 3.42. The number of nitrogens with zero attached hydrogens (tertiary/aromatic N) is 1. The summed E-state index contributed by atoms with van der Waals surface area (Å²) in [7, 11) is 1.62. The van der Waals surface area contributed by atoms with Crippen LogP contribution in [0.4, 0.5) is 0 Å². The Labute approximate surface area is 120 Å². The summed E-state index contributed by atoms with van der Waals surface area (Å²) in [4.78, 5) is 0. The topological polar surface area (TPSA) is 42.2 Å². The maximum absolute atomic E-state index is 9.00. The molecule has 0 heterocycles. The maximum Gasteiger partial charge on any atom is 0.137 e. The minimum Gasteiger partial charge on any atom is -0.496 e. The fourth-order valence-electron chi connectivity index (χ4n) is 1.70. The zero-order valence-electron chi connectivity index (χ0n) is 10.4. The van der Waals surface area contributed by atoms with Crippen molar-refractivity contribution in [2.75, 3.05) is 7.11 Å². The van der Waals surface area contributed by atoms with Crippen LogP contribution in [0.3, 0.4) is 0 Å². The molecular weight excluding hydrogens is 306 g/mol. The van der Waals surface area contributed by atoms with Crippen LogP contribution < -0.4 is 9.47 Å². The third-order valence-corrected chi connectivity index (χ3v) is 3.13. The van der Waals surface area contributed by atoms with Gasteiger partial charge in [0.15, 0.2) is 0 Å². The average molecular weight is 318 g/mol. The van der Waals surface area contributed by atoms with Gasteiger partial charge in [0.2, 0.25) is 0 Å². The summed E-state index contributed by atoms with van der Waals surface area (Å²) in [5, 5.41) is 9.00. The van der Waals surface area contributed by atoms with E-state index in [1.54, 1.807) is 19.2 Å². The van der Waals surface area contributed by atoms with Gasteiger partial charge >= 0.3 is 0 Å². The Balaban J connectivity index is 2.19. The second-order valence-electron chi connectivity index (χ2n) is 3.85. The first-order chi connectivity index (χ1) is 9.24. The second-order valence-corrected chi connectivity index (χ2v) is 4.77. The number of benzene rings is 2. The lowest BCUT2D eigenvalue weighted by molar-refractivity contribution is 0.296. The monoisotopic (exact) mass is 317 g/mol. The van der Waals surface area contributed by atoms with Crippen LogP contribution in [-0.2, 0) is 6.61 Å². The third-order valence-electron chi connectivity index (χ3n) is 2.63. The molecule has 96 valence electrons. The van der Waals surface area contributed by atoms with Gasteiger partial charge in [-0.05, 0) is 30.3 Å². The molecule has 0 saturated carbocycles. The van der Waals surface area contributed by atoms with Crippen molar-refractivity contribution in [1.82, 2.24) is 0 Å². The quantitative estimate of drug-likeness (QED) is 0.858. The Morgan fingerprint density at radius 2 is 1.95 bits per heavy atom. The lowest BCUT2D eigenvalue weighted by atomic mass is 10.2. The number of rotatable bonds is 4. The number of halogens is 1. The normalized spacial score (nSPS) is 9.74. The molecule has 0 bridgehead atoms. The van der Waals surface area contributed by atoms with Gasteiger partial charge in [0.25, 0.3) is 0 Å². The Morgan fingerprint density at radius 3 is 2.68 bits per heavy atom. The second kappa shape index (κ2) is 6.26. The summed E-state index contributed by atoms with van der Waals surface area (Å²) < 4.78 is 11.9. The standard InChI is InChI=1S/C15H12BrNO2/c1-18-14-7-6-13(16)8-12(14)10-19-15-5-3-2-4-11(15)9-17/h2-8H,10H2,1H3. The van der Waals surface area contributed by atoms with Gasteiger partial charge < -0.3 is 9.47 Å². The molecule has 0 saturated heterocycles. The summed E-state index contributed by atoms with van der Waals surface area (Å²) in [5.74, 6) is 1.34. The highest BCUT2D eigenvalue weighted by Crippen LogP contribution is 2.25. The van der Waals surface area contributed by atoms with Gasteiger partial charge in [-0.15, -0.1) is 0 Å². The van der Waals surface area contributed by atoms with E-state index in [1.807, 2.05) is 30.3 Å². The van der Waals surface area contributed by atoms with Crippen LogP contribution in [0.1, 0.15) is 11.1 Å². The number of methoxy groups -OCH3 is 1. The van der Waals surface area contributed by atoms with Crippen LogP contribution in [0.25, 0.3) is 0 Å². The zero-order chi connectivity index (χ0) is 13.7. The molecule has 2 aromatic carbocycles. The average Bonchev–Trinajstić information content (AvgIpc) is 2.45. The lowest BCUT2D eigenvalue weighted by Gasteiger charge is -2.11. The van der Waals surface area contributed by atoms with E-state index >= 15 is 0 Å². The van der Waals surface area contributed by atoms with E-state index in [2.05, 4.69) is 22.0 Å². The molecule has 2 rings (SSSR count). The van der Waals surface area contributed by atoms with Crippen molar-refractivity contribution in [2.24, 2.45) is 0 Å². The number of ether oxygens (including phenoxy) is 2. The van der Waals surface area contributed by atoms with Crippen molar-refractivity contribution < 1.29 is 9.47 Å². The van der Waals surface area contributed by atoms with Gasteiger partial charge in [-0.2, -0.15) is 5.26 Å². The number of hydrogen-bond donors (Lipinski definition) is 0. The predicted molar refractivity (Wildman–Crippen MR) is 76.2 cm³/mol. The lowest BCUT2D eigenvalue weighted by Crippen LogP contribution is -2.00. The SMILES string of the molecule is COc1ccc(Br)cc1COc1ccccc1C#N. The molecule has 0 atom stereocenters. The molecule has 3 nitrogen and oxygen atoms in total. The molecule has 0 N–H and O–H groups in total. The molecule has 0 aliphatic rings.